The van der Waals surface area contributed by atoms with Crippen molar-refractivity contribution in [1.29, 1.82) is 0 Å². The van der Waals surface area contributed by atoms with E-state index < -0.39 is 0 Å². The average molecular weight is 277 g/mol. The van der Waals surface area contributed by atoms with Crippen LogP contribution in [0.15, 0.2) is 18.2 Å². The van der Waals surface area contributed by atoms with E-state index >= 15 is 0 Å². The minimum Gasteiger partial charge on any atom is -0.397 e. The summed E-state index contributed by atoms with van der Waals surface area (Å²) in [5, 5.41) is 11.9. The Morgan fingerprint density at radius 1 is 1.45 bits per heavy atom. The summed E-state index contributed by atoms with van der Waals surface area (Å²) in [6.45, 7) is 4.56. The van der Waals surface area contributed by atoms with E-state index in [1.165, 1.54) is 0 Å². The molecule has 1 aliphatic heterocycles. The van der Waals surface area contributed by atoms with Crippen LogP contribution in [-0.4, -0.2) is 37.3 Å². The van der Waals surface area contributed by atoms with E-state index in [2.05, 4.69) is 10.2 Å². The van der Waals surface area contributed by atoms with Crippen LogP contribution in [0.25, 0.3) is 0 Å². The van der Waals surface area contributed by atoms with Gasteiger partial charge in [-0.25, -0.2) is 0 Å². The van der Waals surface area contributed by atoms with Crippen LogP contribution in [0, 0.1) is 5.92 Å². The molecule has 1 aromatic rings. The highest BCUT2D eigenvalue weighted by molar-refractivity contribution is 5.96. The number of rotatable bonds is 4. The smallest absolute Gasteiger partial charge is 0.251 e. The van der Waals surface area contributed by atoms with Crippen LogP contribution in [0.1, 0.15) is 30.1 Å². The number of benzene rings is 1. The van der Waals surface area contributed by atoms with Crippen molar-refractivity contribution in [3.8, 4) is 0 Å². The molecule has 0 unspecified atom stereocenters. The first kappa shape index (κ1) is 14.7. The maximum atomic E-state index is 11.8. The third kappa shape index (κ3) is 3.22. The second-order valence-electron chi connectivity index (χ2n) is 5.25. The molecule has 1 aliphatic rings. The summed E-state index contributed by atoms with van der Waals surface area (Å²) in [5.74, 6) is 0.312. The molecule has 0 atom stereocenters. The first-order chi connectivity index (χ1) is 9.65. The monoisotopic (exact) mass is 277 g/mol. The van der Waals surface area contributed by atoms with Crippen molar-refractivity contribution in [3.05, 3.63) is 23.8 Å². The van der Waals surface area contributed by atoms with E-state index in [0.29, 0.717) is 23.7 Å². The van der Waals surface area contributed by atoms with Gasteiger partial charge in [0.2, 0.25) is 0 Å². The van der Waals surface area contributed by atoms with Crippen molar-refractivity contribution in [2.24, 2.45) is 5.92 Å². The van der Waals surface area contributed by atoms with E-state index in [-0.39, 0.29) is 12.5 Å². The topological polar surface area (TPSA) is 78.6 Å². The van der Waals surface area contributed by atoms with Gasteiger partial charge in [-0.2, -0.15) is 0 Å². The second-order valence-corrected chi connectivity index (χ2v) is 5.25. The van der Waals surface area contributed by atoms with E-state index in [1.807, 2.05) is 19.1 Å². The molecule has 2 rings (SSSR count). The fraction of sp³-hybridized carbons (Fsp3) is 0.533. The van der Waals surface area contributed by atoms with Gasteiger partial charge >= 0.3 is 0 Å². The Morgan fingerprint density at radius 2 is 2.15 bits per heavy atom. The zero-order valence-electron chi connectivity index (χ0n) is 11.9. The Balaban J connectivity index is 2.08. The Labute approximate surface area is 119 Å². The molecule has 1 saturated heterocycles. The lowest BCUT2D eigenvalue weighted by molar-refractivity contribution is 0.0956. The van der Waals surface area contributed by atoms with Crippen LogP contribution < -0.4 is 16.0 Å². The Hall–Kier alpha value is -1.75. The van der Waals surface area contributed by atoms with Crippen LogP contribution in [0.5, 0.6) is 0 Å². The van der Waals surface area contributed by atoms with Gasteiger partial charge < -0.3 is 21.1 Å². The summed E-state index contributed by atoms with van der Waals surface area (Å²) in [7, 11) is 0. The largest absolute Gasteiger partial charge is 0.397 e. The van der Waals surface area contributed by atoms with Crippen molar-refractivity contribution in [2.45, 2.75) is 19.8 Å². The summed E-state index contributed by atoms with van der Waals surface area (Å²) in [6, 6.07) is 5.46. The van der Waals surface area contributed by atoms with Gasteiger partial charge in [-0.3, -0.25) is 4.79 Å². The molecule has 1 heterocycles. The van der Waals surface area contributed by atoms with Crippen molar-refractivity contribution in [3.63, 3.8) is 0 Å². The lowest BCUT2D eigenvalue weighted by Gasteiger charge is -2.33. The van der Waals surface area contributed by atoms with Gasteiger partial charge in [0.15, 0.2) is 0 Å². The van der Waals surface area contributed by atoms with E-state index in [0.717, 1.165) is 31.6 Å². The van der Waals surface area contributed by atoms with Crippen molar-refractivity contribution < 1.29 is 9.90 Å². The van der Waals surface area contributed by atoms with E-state index in [1.54, 1.807) is 6.07 Å². The molecular weight excluding hydrogens is 254 g/mol. The molecule has 110 valence electrons. The first-order valence-corrected chi connectivity index (χ1v) is 7.19. The molecule has 0 saturated carbocycles. The van der Waals surface area contributed by atoms with Gasteiger partial charge in [-0.1, -0.05) is 0 Å². The number of hydrogen-bond acceptors (Lipinski definition) is 4. The van der Waals surface area contributed by atoms with E-state index in [4.69, 9.17) is 10.8 Å². The molecule has 20 heavy (non-hydrogen) atoms. The number of carbonyl (C=O) groups is 1. The van der Waals surface area contributed by atoms with E-state index in [9.17, 15) is 4.79 Å². The Bertz CT molecular complexity index is 468. The van der Waals surface area contributed by atoms with Crippen molar-refractivity contribution >= 4 is 17.3 Å². The maximum absolute atomic E-state index is 11.8. The van der Waals surface area contributed by atoms with Gasteiger partial charge in [0.1, 0.15) is 0 Å². The molecule has 5 nitrogen and oxygen atoms in total. The quantitative estimate of drug-likeness (QED) is 0.723. The van der Waals surface area contributed by atoms with Crippen LogP contribution in [0.4, 0.5) is 11.4 Å². The molecule has 1 aromatic carbocycles. The first-order valence-electron chi connectivity index (χ1n) is 7.19. The van der Waals surface area contributed by atoms with Crippen LogP contribution >= 0.6 is 0 Å². The van der Waals surface area contributed by atoms with Gasteiger partial charge in [-0.05, 0) is 43.9 Å². The molecule has 5 heteroatoms. The maximum Gasteiger partial charge on any atom is 0.251 e. The lowest BCUT2D eigenvalue weighted by Crippen LogP contribution is -2.35. The number of nitrogens with zero attached hydrogens (tertiary/aromatic N) is 1. The lowest BCUT2D eigenvalue weighted by atomic mass is 9.97. The molecule has 4 N–H and O–H groups in total. The Morgan fingerprint density at radius 3 is 2.70 bits per heavy atom. The third-order valence-corrected chi connectivity index (χ3v) is 3.84. The number of anilines is 2. The highest BCUT2D eigenvalue weighted by atomic mass is 16.3. The number of nitrogen functional groups attached to an aromatic ring is 1. The second kappa shape index (κ2) is 6.61. The van der Waals surface area contributed by atoms with Crippen molar-refractivity contribution in [1.82, 2.24) is 5.32 Å². The van der Waals surface area contributed by atoms with Gasteiger partial charge in [-0.15, -0.1) is 0 Å². The van der Waals surface area contributed by atoms with Crippen LogP contribution in [-0.2, 0) is 0 Å². The van der Waals surface area contributed by atoms with Crippen LogP contribution in [0.3, 0.4) is 0 Å². The zero-order valence-corrected chi connectivity index (χ0v) is 11.9. The average Bonchev–Trinajstić information content (AvgIpc) is 2.47. The summed E-state index contributed by atoms with van der Waals surface area (Å²) in [5.41, 5.74) is 8.29. The minimum absolute atomic E-state index is 0.0928. The number of hydrogen-bond donors (Lipinski definition) is 3. The van der Waals surface area contributed by atoms with Gasteiger partial charge in [0, 0.05) is 31.8 Å². The highest BCUT2D eigenvalue weighted by Gasteiger charge is 2.20. The number of aliphatic hydroxyl groups excluding tert-OH is 1. The fourth-order valence-electron chi connectivity index (χ4n) is 2.60. The number of nitrogens with two attached hydrogens (primary N) is 1. The molecule has 0 aliphatic carbocycles. The molecule has 1 fully saturated rings. The predicted molar refractivity (Wildman–Crippen MR) is 80.9 cm³/mol. The number of carbonyl (C=O) groups excluding carboxylic acids is 1. The molecular formula is C15H23N3O2. The molecule has 0 radical (unpaired) electrons. The summed E-state index contributed by atoms with van der Waals surface area (Å²) in [6.07, 6.45) is 1.96. The molecule has 0 bridgehead atoms. The normalized spacial score (nSPS) is 16.2. The molecule has 0 spiro atoms. The highest BCUT2D eigenvalue weighted by Crippen LogP contribution is 2.28. The standard InChI is InChI=1S/C15H23N3O2/c1-2-17-15(20)12-3-4-14(13(16)9-12)18-7-5-11(10-19)6-8-18/h3-4,9,11,19H,2,5-8,10,16H2,1H3,(H,17,20). The number of aliphatic hydroxyl groups is 1. The van der Waals surface area contributed by atoms with Gasteiger partial charge in [0.25, 0.3) is 5.91 Å². The SMILES string of the molecule is CCNC(=O)c1ccc(N2CCC(CO)CC2)c(N)c1. The number of nitrogens with one attached hydrogen (secondary N) is 1. The third-order valence-electron chi connectivity index (χ3n) is 3.84. The fourth-order valence-corrected chi connectivity index (χ4v) is 2.60. The van der Waals surface area contributed by atoms with Gasteiger partial charge in [0.05, 0.1) is 11.4 Å². The summed E-state index contributed by atoms with van der Waals surface area (Å²) >= 11 is 0. The zero-order chi connectivity index (χ0) is 14.5. The summed E-state index contributed by atoms with van der Waals surface area (Å²) < 4.78 is 0. The number of piperidine rings is 1. The predicted octanol–water partition coefficient (Wildman–Crippen LogP) is 1.23. The molecule has 1 amide bonds. The number of amides is 1. The molecule has 0 aromatic heterocycles. The summed E-state index contributed by atoms with van der Waals surface area (Å²) in [4.78, 5) is 14.0. The Kier molecular flexibility index (Phi) is 4.84. The minimum atomic E-state index is -0.0928. The van der Waals surface area contributed by atoms with Crippen LogP contribution in [0.2, 0.25) is 0 Å². The van der Waals surface area contributed by atoms with Crippen molar-refractivity contribution in [2.75, 3.05) is 36.9 Å².